The van der Waals surface area contributed by atoms with Gasteiger partial charge in [-0.15, -0.1) is 0 Å². The Hall–Kier alpha value is -2.71. The minimum absolute atomic E-state index is 0.0723. The molecule has 0 saturated heterocycles. The molecule has 108 valence electrons. The molecule has 1 aromatic carbocycles. The number of aromatic amines is 1. The van der Waals surface area contributed by atoms with Crippen molar-refractivity contribution in [1.29, 1.82) is 0 Å². The predicted molar refractivity (Wildman–Crippen MR) is 66.4 cm³/mol. The number of fused-ring (bicyclic) bond motifs is 1. The maximum atomic E-state index is 13.3. The summed E-state index contributed by atoms with van der Waals surface area (Å²) in [6.07, 6.45) is -2.06. The van der Waals surface area contributed by atoms with E-state index in [9.17, 15) is 17.6 Å². The second-order valence-electron chi connectivity index (χ2n) is 4.17. The van der Waals surface area contributed by atoms with Crippen LogP contribution in [0.25, 0.3) is 11.2 Å². The summed E-state index contributed by atoms with van der Waals surface area (Å²) in [4.78, 5) is 14.4. The van der Waals surface area contributed by atoms with Crippen molar-refractivity contribution in [3.8, 4) is 0 Å². The molecule has 0 fully saturated rings. The van der Waals surface area contributed by atoms with Gasteiger partial charge >= 0.3 is 6.18 Å². The number of rotatable bonds is 2. The van der Waals surface area contributed by atoms with Gasteiger partial charge in [0.15, 0.2) is 11.5 Å². The summed E-state index contributed by atoms with van der Waals surface area (Å²) in [6, 6.07) is 2.17. The highest BCUT2D eigenvalue weighted by atomic mass is 19.4. The molecule has 3 aromatic rings. The van der Waals surface area contributed by atoms with Gasteiger partial charge in [0.1, 0.15) is 17.7 Å². The Kier molecular flexibility index (Phi) is 2.96. The Balaban J connectivity index is 2.02. The molecule has 0 bridgehead atoms. The lowest BCUT2D eigenvalue weighted by Gasteiger charge is -2.11. The zero-order valence-corrected chi connectivity index (χ0v) is 10.2. The quantitative estimate of drug-likeness (QED) is 0.713. The lowest BCUT2D eigenvalue weighted by molar-refractivity contribution is -0.137. The Morgan fingerprint density at radius 1 is 1.05 bits per heavy atom. The van der Waals surface area contributed by atoms with Crippen LogP contribution in [0.4, 0.5) is 29.1 Å². The second kappa shape index (κ2) is 4.69. The molecule has 0 unspecified atom stereocenters. The van der Waals surface area contributed by atoms with Crippen LogP contribution in [0.15, 0.2) is 30.9 Å². The van der Waals surface area contributed by atoms with Crippen molar-refractivity contribution in [3.63, 3.8) is 0 Å². The summed E-state index contributed by atoms with van der Waals surface area (Å²) in [5.41, 5.74) is -0.396. The molecule has 3 rings (SSSR count). The van der Waals surface area contributed by atoms with Gasteiger partial charge in [-0.2, -0.15) is 13.2 Å². The molecule has 21 heavy (non-hydrogen) atoms. The third kappa shape index (κ3) is 2.62. The molecule has 0 spiro atoms. The van der Waals surface area contributed by atoms with Crippen molar-refractivity contribution in [2.75, 3.05) is 5.32 Å². The third-order valence-electron chi connectivity index (χ3n) is 2.71. The summed E-state index contributed by atoms with van der Waals surface area (Å²) in [5.74, 6) is -0.793. The van der Waals surface area contributed by atoms with Crippen LogP contribution in [0, 0.1) is 5.82 Å². The fourth-order valence-corrected chi connectivity index (χ4v) is 1.82. The maximum absolute atomic E-state index is 13.3. The Morgan fingerprint density at radius 2 is 1.86 bits per heavy atom. The Bertz CT molecular complexity index is 796. The molecule has 5 nitrogen and oxygen atoms in total. The smallest absolute Gasteiger partial charge is 0.340 e. The summed E-state index contributed by atoms with van der Waals surface area (Å²) >= 11 is 0. The van der Waals surface area contributed by atoms with E-state index in [-0.39, 0.29) is 11.5 Å². The summed E-state index contributed by atoms with van der Waals surface area (Å²) in [7, 11) is 0. The fourth-order valence-electron chi connectivity index (χ4n) is 1.82. The number of alkyl halides is 3. The average Bonchev–Trinajstić information content (AvgIpc) is 2.86. The number of anilines is 2. The zero-order chi connectivity index (χ0) is 15.0. The molecule has 0 radical (unpaired) electrons. The summed E-state index contributed by atoms with van der Waals surface area (Å²) in [6.45, 7) is 0. The van der Waals surface area contributed by atoms with Crippen LogP contribution in [0.2, 0.25) is 0 Å². The normalized spacial score (nSPS) is 11.8. The van der Waals surface area contributed by atoms with Crippen molar-refractivity contribution >= 4 is 22.7 Å². The first-order chi connectivity index (χ1) is 9.93. The van der Waals surface area contributed by atoms with Gasteiger partial charge < -0.3 is 10.3 Å². The first-order valence-corrected chi connectivity index (χ1v) is 5.72. The van der Waals surface area contributed by atoms with Gasteiger partial charge in [-0.05, 0) is 18.2 Å². The van der Waals surface area contributed by atoms with Crippen molar-refractivity contribution in [2.24, 2.45) is 0 Å². The molecule has 2 N–H and O–H groups in total. The van der Waals surface area contributed by atoms with Crippen molar-refractivity contribution in [3.05, 3.63) is 42.2 Å². The highest BCUT2D eigenvalue weighted by Gasteiger charge is 2.31. The highest BCUT2D eigenvalue weighted by molar-refractivity contribution is 5.84. The molecule has 0 saturated carbocycles. The number of imidazole rings is 1. The van der Waals surface area contributed by atoms with Gasteiger partial charge in [0.05, 0.1) is 11.9 Å². The van der Waals surface area contributed by atoms with Crippen LogP contribution >= 0.6 is 0 Å². The number of H-pyrrole nitrogens is 1. The van der Waals surface area contributed by atoms with Gasteiger partial charge in [-0.3, -0.25) is 0 Å². The molecule has 0 atom stereocenters. The molecule has 0 aliphatic heterocycles. The van der Waals surface area contributed by atoms with E-state index in [0.29, 0.717) is 17.2 Å². The lowest BCUT2D eigenvalue weighted by atomic mass is 10.2. The standard InChI is InChI=1S/C12H7F4N5/c13-7-1-6(12(14,15)16)2-8(3-7)21-11-9-10(18-4-17-9)19-5-20-11/h1-5H,(H2,17,18,19,20,21). The van der Waals surface area contributed by atoms with Gasteiger partial charge in [0, 0.05) is 5.69 Å². The number of benzene rings is 1. The highest BCUT2D eigenvalue weighted by Crippen LogP contribution is 2.32. The first kappa shape index (κ1) is 13.3. The Labute approximate surface area is 115 Å². The van der Waals surface area contributed by atoms with E-state index >= 15 is 0 Å². The minimum Gasteiger partial charge on any atom is -0.340 e. The van der Waals surface area contributed by atoms with Crippen LogP contribution in [0.1, 0.15) is 5.56 Å². The second-order valence-corrected chi connectivity index (χ2v) is 4.17. The van der Waals surface area contributed by atoms with E-state index < -0.39 is 17.6 Å². The van der Waals surface area contributed by atoms with E-state index in [2.05, 4.69) is 25.3 Å². The predicted octanol–water partition coefficient (Wildman–Crippen LogP) is 3.25. The topological polar surface area (TPSA) is 66.5 Å². The van der Waals surface area contributed by atoms with Crippen LogP contribution in [-0.4, -0.2) is 19.9 Å². The summed E-state index contributed by atoms with van der Waals surface area (Å²) in [5, 5.41) is 2.62. The van der Waals surface area contributed by atoms with Crippen molar-refractivity contribution in [2.45, 2.75) is 6.18 Å². The number of hydrogen-bond donors (Lipinski definition) is 2. The number of aromatic nitrogens is 4. The number of nitrogens with one attached hydrogen (secondary N) is 2. The van der Waals surface area contributed by atoms with Crippen LogP contribution in [0.5, 0.6) is 0 Å². The van der Waals surface area contributed by atoms with E-state index in [1.54, 1.807) is 0 Å². The molecule has 9 heteroatoms. The monoisotopic (exact) mass is 297 g/mol. The Morgan fingerprint density at radius 3 is 2.62 bits per heavy atom. The fraction of sp³-hybridized carbons (Fsp3) is 0.0833. The summed E-state index contributed by atoms with van der Waals surface area (Å²) < 4.78 is 51.3. The van der Waals surface area contributed by atoms with E-state index in [0.717, 1.165) is 12.1 Å². The van der Waals surface area contributed by atoms with Crippen LogP contribution < -0.4 is 5.32 Å². The van der Waals surface area contributed by atoms with Crippen molar-refractivity contribution in [1.82, 2.24) is 19.9 Å². The molecular formula is C12H7F4N5. The van der Waals surface area contributed by atoms with Crippen LogP contribution in [0.3, 0.4) is 0 Å². The lowest BCUT2D eigenvalue weighted by Crippen LogP contribution is -2.06. The zero-order valence-electron chi connectivity index (χ0n) is 10.2. The van der Waals surface area contributed by atoms with Gasteiger partial charge in [-0.25, -0.2) is 19.3 Å². The average molecular weight is 297 g/mol. The van der Waals surface area contributed by atoms with Crippen LogP contribution in [-0.2, 0) is 6.18 Å². The number of nitrogens with zero attached hydrogens (tertiary/aromatic N) is 3. The SMILES string of the molecule is Fc1cc(Nc2ncnc3nc[nH]c23)cc(C(F)(F)F)c1. The van der Waals surface area contributed by atoms with Gasteiger partial charge in [0.2, 0.25) is 0 Å². The molecule has 2 aromatic heterocycles. The molecular weight excluding hydrogens is 290 g/mol. The van der Waals surface area contributed by atoms with Gasteiger partial charge in [0.25, 0.3) is 0 Å². The van der Waals surface area contributed by atoms with Gasteiger partial charge in [-0.1, -0.05) is 0 Å². The van der Waals surface area contributed by atoms with E-state index in [4.69, 9.17) is 0 Å². The van der Waals surface area contributed by atoms with Crippen molar-refractivity contribution < 1.29 is 17.6 Å². The molecule has 0 aliphatic rings. The molecule has 0 amide bonds. The number of hydrogen-bond acceptors (Lipinski definition) is 4. The molecule has 0 aliphatic carbocycles. The first-order valence-electron chi connectivity index (χ1n) is 5.72. The largest absolute Gasteiger partial charge is 0.416 e. The minimum atomic E-state index is -4.63. The van der Waals surface area contributed by atoms with E-state index in [1.807, 2.05) is 0 Å². The van der Waals surface area contributed by atoms with E-state index in [1.165, 1.54) is 12.7 Å². The third-order valence-corrected chi connectivity index (χ3v) is 2.71. The molecule has 2 heterocycles. The number of halogens is 4. The maximum Gasteiger partial charge on any atom is 0.416 e.